The maximum Gasteiger partial charge on any atom is 0.408 e. The summed E-state index contributed by atoms with van der Waals surface area (Å²) in [5.41, 5.74) is 4.91. The molecule has 0 aliphatic heterocycles. The molecule has 1 aromatic rings. The molecule has 0 aliphatic rings. The molecule has 0 radical (unpaired) electrons. The fourth-order valence-corrected chi connectivity index (χ4v) is 1.74. The van der Waals surface area contributed by atoms with Crippen molar-refractivity contribution in [3.8, 4) is 0 Å². The molecular weight excluding hydrogens is 211 g/mol. The van der Waals surface area contributed by atoms with Crippen molar-refractivity contribution in [3.05, 3.63) is 21.3 Å². The smallest absolute Gasteiger partial charge is 0.316 e. The Balaban J connectivity index is 2.85. The third-order valence-electron chi connectivity index (χ3n) is 1.25. The van der Waals surface area contributed by atoms with Gasteiger partial charge in [-0.3, -0.25) is 0 Å². The molecule has 0 bridgehead atoms. The van der Waals surface area contributed by atoms with Crippen LogP contribution in [0.25, 0.3) is 0 Å². The van der Waals surface area contributed by atoms with Gasteiger partial charge in [0.25, 0.3) is 0 Å². The van der Waals surface area contributed by atoms with Crippen LogP contribution < -0.4 is 5.73 Å². The molecule has 6 heteroatoms. The monoisotopic (exact) mass is 215 g/mol. The van der Waals surface area contributed by atoms with Gasteiger partial charge in [0.15, 0.2) is 0 Å². The van der Waals surface area contributed by atoms with E-state index < -0.39 is 12.2 Å². The number of thiophene rings is 1. The Morgan fingerprint density at radius 1 is 1.42 bits per heavy atom. The highest BCUT2D eigenvalue weighted by atomic mass is 35.5. The number of rotatable bonds is 1. The molecule has 1 nitrogen and oxygen atoms in total. The minimum atomic E-state index is -4.39. The number of hydrogen-bond acceptors (Lipinski definition) is 2. The molecule has 0 amide bonds. The maximum atomic E-state index is 12.0. The summed E-state index contributed by atoms with van der Waals surface area (Å²) in [5, 5.41) is 0. The van der Waals surface area contributed by atoms with Gasteiger partial charge in [-0.25, -0.2) is 0 Å². The van der Waals surface area contributed by atoms with Crippen LogP contribution in [-0.2, 0) is 0 Å². The second-order valence-corrected chi connectivity index (χ2v) is 3.91. The van der Waals surface area contributed by atoms with Gasteiger partial charge >= 0.3 is 6.18 Å². The summed E-state index contributed by atoms with van der Waals surface area (Å²) < 4.78 is 36.3. The Bertz CT molecular complexity index is 270. The minimum absolute atomic E-state index is 0.0347. The SMILES string of the molecule is N[C@H](c1ccc(Cl)s1)C(F)(F)F. The van der Waals surface area contributed by atoms with Crippen molar-refractivity contribution in [2.75, 3.05) is 0 Å². The van der Waals surface area contributed by atoms with Gasteiger partial charge in [0, 0.05) is 4.88 Å². The summed E-state index contributed by atoms with van der Waals surface area (Å²) in [6, 6.07) is 0.758. The van der Waals surface area contributed by atoms with Gasteiger partial charge in [-0.15, -0.1) is 11.3 Å². The molecule has 1 rings (SSSR count). The molecule has 0 saturated carbocycles. The van der Waals surface area contributed by atoms with Crippen molar-refractivity contribution in [2.24, 2.45) is 5.73 Å². The maximum absolute atomic E-state index is 12.0. The van der Waals surface area contributed by atoms with E-state index in [2.05, 4.69) is 0 Å². The average molecular weight is 216 g/mol. The first-order chi connectivity index (χ1) is 5.41. The highest BCUT2D eigenvalue weighted by Crippen LogP contribution is 2.35. The second-order valence-electron chi connectivity index (χ2n) is 2.16. The molecular formula is C6H5ClF3NS. The van der Waals surface area contributed by atoms with Crippen molar-refractivity contribution in [3.63, 3.8) is 0 Å². The van der Waals surface area contributed by atoms with Crippen LogP contribution >= 0.6 is 22.9 Å². The Labute approximate surface area is 75.9 Å². The van der Waals surface area contributed by atoms with E-state index >= 15 is 0 Å². The third-order valence-corrected chi connectivity index (χ3v) is 2.57. The Morgan fingerprint density at radius 3 is 2.33 bits per heavy atom. The lowest BCUT2D eigenvalue weighted by Gasteiger charge is -2.12. The first kappa shape index (κ1) is 9.83. The number of hydrogen-bond donors (Lipinski definition) is 1. The molecule has 0 spiro atoms. The molecule has 1 heterocycles. The molecule has 1 aromatic heterocycles. The minimum Gasteiger partial charge on any atom is -0.316 e. The fourth-order valence-electron chi connectivity index (χ4n) is 0.657. The number of nitrogens with two attached hydrogens (primary N) is 1. The van der Waals surface area contributed by atoms with E-state index in [4.69, 9.17) is 17.3 Å². The highest BCUT2D eigenvalue weighted by molar-refractivity contribution is 7.16. The lowest BCUT2D eigenvalue weighted by atomic mass is 10.2. The van der Waals surface area contributed by atoms with E-state index in [1.54, 1.807) is 0 Å². The quantitative estimate of drug-likeness (QED) is 0.766. The summed E-state index contributed by atoms with van der Waals surface area (Å²) in [7, 11) is 0. The lowest BCUT2D eigenvalue weighted by Crippen LogP contribution is -2.27. The van der Waals surface area contributed by atoms with Crippen LogP contribution in [-0.4, -0.2) is 6.18 Å². The zero-order chi connectivity index (χ0) is 9.35. The van der Waals surface area contributed by atoms with Crippen molar-refractivity contribution >= 4 is 22.9 Å². The third kappa shape index (κ3) is 2.12. The summed E-state index contributed by atoms with van der Waals surface area (Å²) in [6.45, 7) is 0. The fraction of sp³-hybridized carbons (Fsp3) is 0.333. The van der Waals surface area contributed by atoms with Crippen molar-refractivity contribution < 1.29 is 13.2 Å². The lowest BCUT2D eigenvalue weighted by molar-refractivity contribution is -0.148. The summed E-state index contributed by atoms with van der Waals surface area (Å²) in [6.07, 6.45) is -4.39. The molecule has 0 aliphatic carbocycles. The molecule has 1 atom stereocenters. The van der Waals surface area contributed by atoms with Crippen LogP contribution in [0.1, 0.15) is 10.9 Å². The average Bonchev–Trinajstić information content (AvgIpc) is 2.32. The largest absolute Gasteiger partial charge is 0.408 e. The second kappa shape index (κ2) is 3.24. The summed E-state index contributed by atoms with van der Waals surface area (Å²) in [4.78, 5) is 0.0347. The van der Waals surface area contributed by atoms with Gasteiger partial charge in [0.2, 0.25) is 0 Å². The van der Waals surface area contributed by atoms with Gasteiger partial charge in [-0.05, 0) is 12.1 Å². The molecule has 2 N–H and O–H groups in total. The standard InChI is InChI=1S/C6H5ClF3NS/c7-4-2-1-3(12-4)5(11)6(8,9)10/h1-2,5H,11H2/t5-/m1/s1. The zero-order valence-electron chi connectivity index (χ0n) is 5.73. The van der Waals surface area contributed by atoms with Gasteiger partial charge in [-0.1, -0.05) is 11.6 Å². The van der Waals surface area contributed by atoms with Gasteiger partial charge < -0.3 is 5.73 Å². The van der Waals surface area contributed by atoms with Crippen LogP contribution in [0.3, 0.4) is 0 Å². The van der Waals surface area contributed by atoms with Crippen molar-refractivity contribution in [2.45, 2.75) is 12.2 Å². The molecule has 0 aromatic carbocycles. The summed E-state index contributed by atoms with van der Waals surface area (Å²) in [5.74, 6) is 0. The highest BCUT2D eigenvalue weighted by Gasteiger charge is 2.38. The summed E-state index contributed by atoms with van der Waals surface area (Å²) >= 11 is 6.29. The Morgan fingerprint density at radius 2 is 2.00 bits per heavy atom. The van der Waals surface area contributed by atoms with E-state index in [0.29, 0.717) is 4.34 Å². The number of alkyl halides is 3. The van der Waals surface area contributed by atoms with Crippen molar-refractivity contribution in [1.29, 1.82) is 0 Å². The van der Waals surface area contributed by atoms with Crippen molar-refractivity contribution in [1.82, 2.24) is 0 Å². The van der Waals surface area contributed by atoms with Crippen LogP contribution in [0.5, 0.6) is 0 Å². The van der Waals surface area contributed by atoms with Crippen LogP contribution in [0.2, 0.25) is 4.34 Å². The van der Waals surface area contributed by atoms with Gasteiger partial charge in [0.05, 0.1) is 4.34 Å². The van der Waals surface area contributed by atoms with E-state index in [0.717, 1.165) is 11.3 Å². The topological polar surface area (TPSA) is 26.0 Å². The van der Waals surface area contributed by atoms with E-state index in [-0.39, 0.29) is 4.88 Å². The van der Waals surface area contributed by atoms with E-state index in [1.807, 2.05) is 0 Å². The predicted molar refractivity (Wildman–Crippen MR) is 42.3 cm³/mol. The first-order valence-corrected chi connectivity index (χ1v) is 4.18. The zero-order valence-corrected chi connectivity index (χ0v) is 7.30. The normalized spacial score (nSPS) is 14.8. The van der Waals surface area contributed by atoms with E-state index in [1.165, 1.54) is 12.1 Å². The molecule has 12 heavy (non-hydrogen) atoms. The van der Waals surface area contributed by atoms with Gasteiger partial charge in [0.1, 0.15) is 6.04 Å². The first-order valence-electron chi connectivity index (χ1n) is 2.99. The van der Waals surface area contributed by atoms with Crippen LogP contribution in [0.4, 0.5) is 13.2 Å². The molecule has 0 unspecified atom stereocenters. The Hall–Kier alpha value is -0.260. The molecule has 68 valence electrons. The van der Waals surface area contributed by atoms with Gasteiger partial charge in [-0.2, -0.15) is 13.2 Å². The number of halogens is 4. The predicted octanol–water partition coefficient (Wildman–Crippen LogP) is 2.96. The van der Waals surface area contributed by atoms with Crippen LogP contribution in [0.15, 0.2) is 12.1 Å². The Kier molecular flexibility index (Phi) is 2.65. The molecule has 0 saturated heterocycles. The van der Waals surface area contributed by atoms with Crippen LogP contribution in [0, 0.1) is 0 Å². The molecule has 0 fully saturated rings. The van der Waals surface area contributed by atoms with E-state index in [9.17, 15) is 13.2 Å².